The number of hydrogen-bond donors (Lipinski definition) is 0. The maximum atomic E-state index is 11.7. The van der Waals surface area contributed by atoms with Crippen LogP contribution in [-0.2, 0) is 19.3 Å². The Labute approximate surface area is 84.5 Å². The molecule has 1 atom stereocenters. The lowest BCUT2D eigenvalue weighted by molar-refractivity contribution is 0.134. The van der Waals surface area contributed by atoms with Crippen molar-refractivity contribution < 1.29 is 17.9 Å². The summed E-state index contributed by atoms with van der Waals surface area (Å²) in [6, 6.07) is 0. The average molecular weight is 220 g/mol. The SMILES string of the molecule is O=S(=O)(CCOC1CC1)C1CCOC1. The molecule has 0 aromatic carbocycles. The summed E-state index contributed by atoms with van der Waals surface area (Å²) in [7, 11) is -2.98. The minimum atomic E-state index is -2.98. The van der Waals surface area contributed by atoms with Gasteiger partial charge in [-0.05, 0) is 19.3 Å². The smallest absolute Gasteiger partial charge is 0.157 e. The molecule has 2 rings (SSSR count). The van der Waals surface area contributed by atoms with E-state index in [4.69, 9.17) is 9.47 Å². The molecular formula is C9H16O4S. The first-order chi connectivity index (χ1) is 6.68. The normalized spacial score (nSPS) is 28.1. The summed E-state index contributed by atoms with van der Waals surface area (Å²) in [5, 5.41) is -0.287. The molecule has 4 nitrogen and oxygen atoms in total. The van der Waals surface area contributed by atoms with Crippen LogP contribution < -0.4 is 0 Å². The highest BCUT2D eigenvalue weighted by Crippen LogP contribution is 2.23. The fourth-order valence-electron chi connectivity index (χ4n) is 1.53. The highest BCUT2D eigenvalue weighted by atomic mass is 32.2. The Morgan fingerprint density at radius 2 is 2.07 bits per heavy atom. The summed E-state index contributed by atoms with van der Waals surface area (Å²) < 4.78 is 33.7. The molecule has 1 aliphatic heterocycles. The van der Waals surface area contributed by atoms with Crippen molar-refractivity contribution in [3.8, 4) is 0 Å². The molecular weight excluding hydrogens is 204 g/mol. The molecule has 0 N–H and O–H groups in total. The third-order valence-electron chi connectivity index (χ3n) is 2.64. The standard InChI is InChI=1S/C9H16O4S/c10-14(11,9-3-4-12-7-9)6-5-13-8-1-2-8/h8-9H,1-7H2. The van der Waals surface area contributed by atoms with Gasteiger partial charge in [-0.2, -0.15) is 0 Å². The van der Waals surface area contributed by atoms with E-state index >= 15 is 0 Å². The van der Waals surface area contributed by atoms with Crippen LogP contribution in [0.5, 0.6) is 0 Å². The van der Waals surface area contributed by atoms with Gasteiger partial charge in [0.05, 0.1) is 30.3 Å². The van der Waals surface area contributed by atoms with E-state index in [1.54, 1.807) is 0 Å². The van der Waals surface area contributed by atoms with Crippen LogP contribution >= 0.6 is 0 Å². The van der Waals surface area contributed by atoms with Gasteiger partial charge in [-0.25, -0.2) is 8.42 Å². The van der Waals surface area contributed by atoms with Gasteiger partial charge in [0.2, 0.25) is 0 Å². The first kappa shape index (κ1) is 10.4. The van der Waals surface area contributed by atoms with Crippen molar-refractivity contribution in [1.29, 1.82) is 0 Å². The van der Waals surface area contributed by atoms with Gasteiger partial charge in [0.1, 0.15) is 0 Å². The summed E-state index contributed by atoms with van der Waals surface area (Å²) in [6.45, 7) is 1.29. The first-order valence-corrected chi connectivity index (χ1v) is 6.81. The van der Waals surface area contributed by atoms with Crippen LogP contribution in [0.25, 0.3) is 0 Å². The Kier molecular flexibility index (Phi) is 3.09. The van der Waals surface area contributed by atoms with Crippen molar-refractivity contribution in [3.63, 3.8) is 0 Å². The fraction of sp³-hybridized carbons (Fsp3) is 1.00. The van der Waals surface area contributed by atoms with Crippen LogP contribution in [0, 0.1) is 0 Å². The maximum absolute atomic E-state index is 11.7. The van der Waals surface area contributed by atoms with Crippen molar-refractivity contribution in [2.45, 2.75) is 30.6 Å². The van der Waals surface area contributed by atoms with Gasteiger partial charge in [0.25, 0.3) is 0 Å². The molecule has 0 amide bonds. The third kappa shape index (κ3) is 2.68. The van der Waals surface area contributed by atoms with Crippen LogP contribution in [0.1, 0.15) is 19.3 Å². The quantitative estimate of drug-likeness (QED) is 0.671. The summed E-state index contributed by atoms with van der Waals surface area (Å²) in [5.74, 6) is 0.150. The topological polar surface area (TPSA) is 52.6 Å². The maximum Gasteiger partial charge on any atom is 0.157 e. The zero-order valence-corrected chi connectivity index (χ0v) is 8.96. The Morgan fingerprint density at radius 3 is 2.64 bits per heavy atom. The number of rotatable bonds is 5. The molecule has 0 aromatic rings. The molecule has 82 valence electrons. The molecule has 0 aromatic heterocycles. The Hall–Kier alpha value is -0.130. The predicted octanol–water partition coefficient (Wildman–Crippen LogP) is 0.369. The van der Waals surface area contributed by atoms with Gasteiger partial charge >= 0.3 is 0 Å². The summed E-state index contributed by atoms with van der Waals surface area (Å²) in [5.41, 5.74) is 0. The Bertz CT molecular complexity index is 275. The third-order valence-corrected chi connectivity index (χ3v) is 4.76. The van der Waals surface area contributed by atoms with Crippen LogP contribution in [0.2, 0.25) is 0 Å². The molecule has 2 aliphatic rings. The second kappa shape index (κ2) is 4.16. The lowest BCUT2D eigenvalue weighted by Crippen LogP contribution is -2.26. The van der Waals surface area contributed by atoms with Crippen molar-refractivity contribution in [1.82, 2.24) is 0 Å². The zero-order valence-electron chi connectivity index (χ0n) is 8.15. The van der Waals surface area contributed by atoms with Crippen LogP contribution in [-0.4, -0.2) is 45.3 Å². The second-order valence-electron chi connectivity index (χ2n) is 3.92. The molecule has 0 spiro atoms. The summed E-state index contributed by atoms with van der Waals surface area (Å²) in [4.78, 5) is 0. The Balaban J connectivity index is 1.75. The van der Waals surface area contributed by atoms with E-state index < -0.39 is 9.84 Å². The van der Waals surface area contributed by atoms with Gasteiger partial charge in [0.15, 0.2) is 9.84 Å². The molecule has 1 heterocycles. The largest absolute Gasteiger partial charge is 0.380 e. The minimum Gasteiger partial charge on any atom is -0.380 e. The van der Waals surface area contributed by atoms with E-state index in [-0.39, 0.29) is 11.0 Å². The van der Waals surface area contributed by atoms with Gasteiger partial charge in [-0.3, -0.25) is 0 Å². The molecule has 14 heavy (non-hydrogen) atoms. The molecule has 2 fully saturated rings. The average Bonchev–Trinajstić information content (AvgIpc) is 2.80. The molecule has 0 bridgehead atoms. The number of hydrogen-bond acceptors (Lipinski definition) is 4. The van der Waals surface area contributed by atoms with Crippen molar-refractivity contribution in [2.75, 3.05) is 25.6 Å². The molecule has 1 unspecified atom stereocenters. The summed E-state index contributed by atoms with van der Waals surface area (Å²) in [6.07, 6.45) is 3.16. The van der Waals surface area contributed by atoms with E-state index in [9.17, 15) is 8.42 Å². The minimum absolute atomic E-state index is 0.150. The van der Waals surface area contributed by atoms with E-state index in [2.05, 4.69) is 0 Å². The Morgan fingerprint density at radius 1 is 1.29 bits per heavy atom. The highest BCUT2D eigenvalue weighted by Gasteiger charge is 2.30. The molecule has 1 saturated carbocycles. The number of sulfone groups is 1. The molecule has 0 radical (unpaired) electrons. The van der Waals surface area contributed by atoms with Gasteiger partial charge in [-0.1, -0.05) is 0 Å². The van der Waals surface area contributed by atoms with E-state index in [0.29, 0.717) is 32.3 Å². The van der Waals surface area contributed by atoms with Crippen molar-refractivity contribution >= 4 is 9.84 Å². The molecule has 5 heteroatoms. The number of ether oxygens (including phenoxy) is 2. The van der Waals surface area contributed by atoms with Gasteiger partial charge < -0.3 is 9.47 Å². The zero-order chi connectivity index (χ0) is 10.0. The first-order valence-electron chi connectivity index (χ1n) is 5.09. The van der Waals surface area contributed by atoms with Crippen LogP contribution in [0.15, 0.2) is 0 Å². The van der Waals surface area contributed by atoms with Crippen molar-refractivity contribution in [2.24, 2.45) is 0 Å². The monoisotopic (exact) mass is 220 g/mol. The summed E-state index contributed by atoms with van der Waals surface area (Å²) >= 11 is 0. The lowest BCUT2D eigenvalue weighted by atomic mass is 10.4. The van der Waals surface area contributed by atoms with E-state index in [1.165, 1.54) is 0 Å². The second-order valence-corrected chi connectivity index (χ2v) is 6.32. The molecule has 1 aliphatic carbocycles. The predicted molar refractivity (Wildman–Crippen MR) is 52.0 cm³/mol. The van der Waals surface area contributed by atoms with Crippen LogP contribution in [0.3, 0.4) is 0 Å². The van der Waals surface area contributed by atoms with Gasteiger partial charge in [0, 0.05) is 6.61 Å². The lowest BCUT2D eigenvalue weighted by Gasteiger charge is -2.09. The molecule has 1 saturated heterocycles. The fourth-order valence-corrected chi connectivity index (χ4v) is 2.95. The van der Waals surface area contributed by atoms with E-state index in [0.717, 1.165) is 12.8 Å². The van der Waals surface area contributed by atoms with Crippen LogP contribution in [0.4, 0.5) is 0 Å². The highest BCUT2D eigenvalue weighted by molar-refractivity contribution is 7.92. The van der Waals surface area contributed by atoms with E-state index in [1.807, 2.05) is 0 Å². The van der Waals surface area contributed by atoms with Gasteiger partial charge in [-0.15, -0.1) is 0 Å². The van der Waals surface area contributed by atoms with Crippen molar-refractivity contribution in [3.05, 3.63) is 0 Å².